The first-order chi connectivity index (χ1) is 19.5. The van der Waals surface area contributed by atoms with Crippen LogP contribution in [0.1, 0.15) is 20.3 Å². The number of nitrogen functional groups attached to an aromatic ring is 2. The number of nitrogens with two attached hydrogens (primary N) is 2. The second-order valence-electron chi connectivity index (χ2n) is 8.51. The fourth-order valence-electron chi connectivity index (χ4n) is 3.75. The molecule has 10 nitrogen and oxygen atoms in total. The van der Waals surface area contributed by atoms with Crippen molar-refractivity contribution in [2.45, 2.75) is 20.3 Å². The molecule has 0 aliphatic carbocycles. The maximum Gasteiger partial charge on any atom is 0.232 e. The molecule has 2 aromatic carbocycles. The van der Waals surface area contributed by atoms with Crippen LogP contribution in [0.25, 0.3) is 33.4 Å². The van der Waals surface area contributed by atoms with Gasteiger partial charge in [0, 0.05) is 35.9 Å². The number of fused-ring (bicyclic) bond motifs is 1. The van der Waals surface area contributed by atoms with E-state index in [0.29, 0.717) is 22.3 Å². The van der Waals surface area contributed by atoms with E-state index in [1.807, 2.05) is 13.8 Å². The second-order valence-corrected chi connectivity index (χ2v) is 10.8. The van der Waals surface area contributed by atoms with Gasteiger partial charge in [-0.25, -0.2) is 27.8 Å². The molecule has 0 spiro atoms. The van der Waals surface area contributed by atoms with E-state index in [-0.39, 0.29) is 45.6 Å². The van der Waals surface area contributed by atoms with Crippen molar-refractivity contribution >= 4 is 49.9 Å². The van der Waals surface area contributed by atoms with Gasteiger partial charge in [-0.1, -0.05) is 11.6 Å². The maximum atomic E-state index is 15.5. The van der Waals surface area contributed by atoms with Gasteiger partial charge >= 0.3 is 0 Å². The molecule has 0 unspecified atom stereocenters. The van der Waals surface area contributed by atoms with Crippen molar-refractivity contribution in [2.24, 2.45) is 0 Å². The molecule has 2 heterocycles. The molecule has 4 aromatic rings. The summed E-state index contributed by atoms with van der Waals surface area (Å²) < 4.78 is 64.8. The van der Waals surface area contributed by atoms with Crippen LogP contribution in [0.15, 0.2) is 42.6 Å². The molecule has 0 saturated carbocycles. The molecule has 41 heavy (non-hydrogen) atoms. The Morgan fingerprint density at radius 3 is 2.37 bits per heavy atom. The lowest BCUT2D eigenvalue weighted by molar-refractivity contribution is 0.162. The van der Waals surface area contributed by atoms with E-state index in [2.05, 4.69) is 19.7 Å². The van der Waals surface area contributed by atoms with Gasteiger partial charge in [-0.05, 0) is 62.2 Å². The third kappa shape index (κ3) is 7.90. The molecule has 220 valence electrons. The Bertz CT molecular complexity index is 1610. The van der Waals surface area contributed by atoms with Crippen molar-refractivity contribution in [3.63, 3.8) is 0 Å². The molecule has 14 heteroatoms. The molecule has 4 rings (SSSR count). The molecule has 0 fully saturated rings. The molecule has 5 N–H and O–H groups in total. The number of alkyl halides is 1. The lowest BCUT2D eigenvalue weighted by Crippen LogP contribution is -2.18. The molecule has 0 amide bonds. The van der Waals surface area contributed by atoms with E-state index in [9.17, 15) is 12.8 Å². The highest BCUT2D eigenvalue weighted by molar-refractivity contribution is 7.92. The van der Waals surface area contributed by atoms with Crippen LogP contribution in [0.4, 0.5) is 26.1 Å². The van der Waals surface area contributed by atoms with Gasteiger partial charge < -0.3 is 20.9 Å². The zero-order valence-electron chi connectivity index (χ0n) is 22.7. The highest BCUT2D eigenvalue weighted by atomic mass is 35.5. The number of halogens is 3. The van der Waals surface area contributed by atoms with Crippen molar-refractivity contribution in [1.82, 2.24) is 15.0 Å². The van der Waals surface area contributed by atoms with Crippen molar-refractivity contribution in [3.8, 4) is 28.3 Å². The number of ether oxygens (including phenoxy) is 2. The zero-order chi connectivity index (χ0) is 30.2. The average Bonchev–Trinajstić information content (AvgIpc) is 2.94. The quantitative estimate of drug-likeness (QED) is 0.212. The van der Waals surface area contributed by atoms with Gasteiger partial charge in [0.15, 0.2) is 11.6 Å². The molecule has 0 bridgehead atoms. The first kappa shape index (κ1) is 31.7. The van der Waals surface area contributed by atoms with Crippen LogP contribution < -0.4 is 20.9 Å². The topological polar surface area (TPSA) is 155 Å². The molecular formula is C27H31ClF2N6O4S. The van der Waals surface area contributed by atoms with E-state index < -0.39 is 28.3 Å². The predicted octanol–water partition coefficient (Wildman–Crippen LogP) is 5.47. The molecule has 0 radical (unpaired) electrons. The highest BCUT2D eigenvalue weighted by Crippen LogP contribution is 2.40. The smallest absolute Gasteiger partial charge is 0.232 e. The summed E-state index contributed by atoms with van der Waals surface area (Å²) >= 11 is 6.31. The summed E-state index contributed by atoms with van der Waals surface area (Å²) in [4.78, 5) is 12.9. The number of methoxy groups -OCH3 is 1. The average molecular weight is 609 g/mol. The van der Waals surface area contributed by atoms with Gasteiger partial charge in [0.1, 0.15) is 22.9 Å². The standard InChI is InChI=1S/C23H21ClF2N6O3S.C4H10O/c1-35-17-10-13(19-15(24)4-5-16(20(19)26)32-36(33,34)8-2-7-25)9-14-21(17)30-23(31-22(14)28)12-3-6-18(27)29-11-12;1-3-5-4-2/h3-6,9-11,32H,2,7-8H2,1H3,(H2,27,29)(H2,28,30,31);3-4H2,1-2H3. The Balaban J connectivity index is 0.000000850. The summed E-state index contributed by atoms with van der Waals surface area (Å²) in [6.45, 7) is 4.85. The van der Waals surface area contributed by atoms with Crippen molar-refractivity contribution in [2.75, 3.05) is 48.9 Å². The van der Waals surface area contributed by atoms with Crippen LogP contribution in [0.2, 0.25) is 5.02 Å². The lowest BCUT2D eigenvalue weighted by atomic mass is 10.0. The number of anilines is 3. The van der Waals surface area contributed by atoms with Gasteiger partial charge in [0.2, 0.25) is 10.0 Å². The molecule has 0 saturated heterocycles. The number of aromatic nitrogens is 3. The summed E-state index contributed by atoms with van der Waals surface area (Å²) in [7, 11) is -2.56. The van der Waals surface area contributed by atoms with Crippen LogP contribution in [-0.4, -0.2) is 56.1 Å². The minimum Gasteiger partial charge on any atom is -0.494 e. The molecule has 2 aromatic heterocycles. The molecular weight excluding hydrogens is 578 g/mol. The Hall–Kier alpha value is -3.81. The van der Waals surface area contributed by atoms with E-state index in [1.165, 1.54) is 37.6 Å². The summed E-state index contributed by atoms with van der Waals surface area (Å²) in [5, 5.41) is 0.380. The number of hydrogen-bond acceptors (Lipinski definition) is 9. The summed E-state index contributed by atoms with van der Waals surface area (Å²) in [6.07, 6.45) is 1.29. The zero-order valence-corrected chi connectivity index (χ0v) is 24.3. The fourth-order valence-corrected chi connectivity index (χ4v) is 5.09. The number of pyridine rings is 1. The normalized spacial score (nSPS) is 11.2. The van der Waals surface area contributed by atoms with Gasteiger partial charge in [-0.15, -0.1) is 0 Å². The maximum absolute atomic E-state index is 15.5. The Morgan fingerprint density at radius 1 is 1.05 bits per heavy atom. The lowest BCUT2D eigenvalue weighted by Gasteiger charge is -2.15. The number of sulfonamides is 1. The van der Waals surface area contributed by atoms with Gasteiger partial charge in [0.05, 0.1) is 30.2 Å². The van der Waals surface area contributed by atoms with Crippen LogP contribution in [-0.2, 0) is 14.8 Å². The van der Waals surface area contributed by atoms with Gasteiger partial charge in [-0.2, -0.15) is 0 Å². The minimum absolute atomic E-state index is 0.0182. The first-order valence-electron chi connectivity index (χ1n) is 12.5. The van der Waals surface area contributed by atoms with Crippen molar-refractivity contribution in [3.05, 3.63) is 53.4 Å². The van der Waals surface area contributed by atoms with E-state index in [4.69, 9.17) is 32.5 Å². The van der Waals surface area contributed by atoms with Gasteiger partial charge in [0.25, 0.3) is 0 Å². The summed E-state index contributed by atoms with van der Waals surface area (Å²) in [6, 6.07) is 8.87. The minimum atomic E-state index is -3.97. The van der Waals surface area contributed by atoms with Crippen molar-refractivity contribution < 1.29 is 26.7 Å². The van der Waals surface area contributed by atoms with Crippen LogP contribution in [0.3, 0.4) is 0 Å². The summed E-state index contributed by atoms with van der Waals surface area (Å²) in [5.41, 5.74) is 12.6. The van der Waals surface area contributed by atoms with Crippen molar-refractivity contribution in [1.29, 1.82) is 0 Å². The molecule has 0 aliphatic heterocycles. The third-order valence-electron chi connectivity index (χ3n) is 5.66. The molecule has 0 aliphatic rings. The monoisotopic (exact) mass is 608 g/mol. The van der Waals surface area contributed by atoms with Crippen LogP contribution >= 0.6 is 11.6 Å². The van der Waals surface area contributed by atoms with Crippen LogP contribution in [0, 0.1) is 5.82 Å². The largest absolute Gasteiger partial charge is 0.494 e. The number of hydrogen-bond donors (Lipinski definition) is 3. The SMILES string of the molecule is CCOCC.COc1cc(-c2c(Cl)ccc(NS(=O)(=O)CCCF)c2F)cc2c(N)nc(-c3ccc(N)nc3)nc12. The van der Waals surface area contributed by atoms with E-state index in [0.717, 1.165) is 13.2 Å². The predicted molar refractivity (Wildman–Crippen MR) is 159 cm³/mol. The first-order valence-corrected chi connectivity index (χ1v) is 14.6. The van der Waals surface area contributed by atoms with Gasteiger partial charge in [-0.3, -0.25) is 9.11 Å². The fraction of sp³-hybridized carbons (Fsp3) is 0.296. The number of nitrogens with zero attached hydrogens (tertiary/aromatic N) is 3. The Kier molecular flexibility index (Phi) is 11.0. The third-order valence-corrected chi connectivity index (χ3v) is 7.33. The second kappa shape index (κ2) is 14.2. The molecule has 0 atom stereocenters. The summed E-state index contributed by atoms with van der Waals surface area (Å²) in [5.74, 6) is -0.452. The van der Waals surface area contributed by atoms with E-state index >= 15 is 4.39 Å². The number of nitrogens with one attached hydrogen (secondary N) is 1. The Morgan fingerprint density at radius 2 is 1.78 bits per heavy atom. The van der Waals surface area contributed by atoms with Crippen LogP contribution in [0.5, 0.6) is 5.75 Å². The highest BCUT2D eigenvalue weighted by Gasteiger charge is 2.21. The Labute approximate surface area is 242 Å². The number of benzene rings is 2. The number of rotatable bonds is 10. The van der Waals surface area contributed by atoms with E-state index in [1.54, 1.807) is 12.1 Å².